The highest BCUT2D eigenvalue weighted by molar-refractivity contribution is 6.05. The fourth-order valence-corrected chi connectivity index (χ4v) is 4.28. The van der Waals surface area contributed by atoms with Gasteiger partial charge in [0.25, 0.3) is 5.91 Å². The Bertz CT molecular complexity index is 1270. The number of carbonyl (C=O) groups excluding carboxylic acids is 3. The molecule has 2 aliphatic heterocycles. The number of fused-ring (bicyclic) bond motifs is 1. The molecular weight excluding hydrogens is 438 g/mol. The summed E-state index contributed by atoms with van der Waals surface area (Å²) in [5.74, 6) is 0.351. The number of aromatic nitrogens is 3. The number of ether oxygens (including phenoxy) is 2. The minimum Gasteiger partial charge on any atom is -0.497 e. The van der Waals surface area contributed by atoms with Crippen LogP contribution in [0.2, 0.25) is 0 Å². The van der Waals surface area contributed by atoms with Gasteiger partial charge in [-0.2, -0.15) is 0 Å². The number of rotatable bonds is 7. The van der Waals surface area contributed by atoms with E-state index in [0.29, 0.717) is 30.0 Å². The predicted molar refractivity (Wildman–Crippen MR) is 119 cm³/mol. The molecule has 3 amide bonds. The van der Waals surface area contributed by atoms with E-state index in [-0.39, 0.29) is 31.4 Å². The van der Waals surface area contributed by atoms with Gasteiger partial charge in [-0.15, -0.1) is 5.10 Å². The molecule has 0 radical (unpaired) electrons. The number of hydrogen-bond donors (Lipinski definition) is 1. The number of benzene rings is 2. The molecule has 174 valence electrons. The Balaban J connectivity index is 1.26. The lowest BCUT2D eigenvalue weighted by Crippen LogP contribution is -2.52. The number of nitrogens with zero attached hydrogens (tertiary/aromatic N) is 4. The molecule has 1 unspecified atom stereocenters. The van der Waals surface area contributed by atoms with E-state index in [1.54, 1.807) is 30.0 Å². The predicted octanol–water partition coefficient (Wildman–Crippen LogP) is 1.67. The highest BCUT2D eigenvalue weighted by Gasteiger charge is 2.40. The molecule has 3 heterocycles. The van der Waals surface area contributed by atoms with Crippen LogP contribution >= 0.6 is 0 Å². The second-order valence-corrected chi connectivity index (χ2v) is 8.23. The highest BCUT2D eigenvalue weighted by Crippen LogP contribution is 2.33. The van der Waals surface area contributed by atoms with Gasteiger partial charge in [-0.3, -0.25) is 19.7 Å². The molecule has 0 saturated carbocycles. The van der Waals surface area contributed by atoms with Crippen LogP contribution in [0, 0.1) is 0 Å². The van der Waals surface area contributed by atoms with Crippen molar-refractivity contribution in [2.24, 2.45) is 0 Å². The lowest BCUT2D eigenvalue weighted by molar-refractivity contribution is -0.136. The Hall–Kier alpha value is -4.21. The molecule has 1 N–H and O–H groups in total. The summed E-state index contributed by atoms with van der Waals surface area (Å²) in [6, 6.07) is 12.3. The van der Waals surface area contributed by atoms with Crippen LogP contribution in [-0.4, -0.2) is 50.8 Å². The average molecular weight is 461 g/mol. The summed E-state index contributed by atoms with van der Waals surface area (Å²) in [7, 11) is 1.63. The molecule has 0 aliphatic carbocycles. The number of piperidine rings is 1. The van der Waals surface area contributed by atoms with Crippen molar-refractivity contribution >= 4 is 17.7 Å². The van der Waals surface area contributed by atoms with Gasteiger partial charge in [0.15, 0.2) is 0 Å². The van der Waals surface area contributed by atoms with Gasteiger partial charge in [0.1, 0.15) is 29.8 Å². The minimum atomic E-state index is -0.665. The van der Waals surface area contributed by atoms with Gasteiger partial charge in [0.2, 0.25) is 11.8 Å². The summed E-state index contributed by atoms with van der Waals surface area (Å²) in [5.41, 5.74) is 2.90. The summed E-state index contributed by atoms with van der Waals surface area (Å²) >= 11 is 0. The van der Waals surface area contributed by atoms with Gasteiger partial charge in [0.05, 0.1) is 26.4 Å². The largest absolute Gasteiger partial charge is 0.497 e. The molecule has 0 bridgehead atoms. The first kappa shape index (κ1) is 21.6. The van der Waals surface area contributed by atoms with E-state index in [4.69, 9.17) is 9.47 Å². The minimum absolute atomic E-state index is 0.182. The third-order valence-corrected chi connectivity index (χ3v) is 5.98. The number of imide groups is 1. The second-order valence-electron chi connectivity index (χ2n) is 8.23. The van der Waals surface area contributed by atoms with Crippen LogP contribution < -0.4 is 14.8 Å². The smallest absolute Gasteiger partial charge is 0.255 e. The van der Waals surface area contributed by atoms with E-state index < -0.39 is 11.9 Å². The number of methoxy groups -OCH3 is 1. The number of hydrogen-bond acceptors (Lipinski definition) is 7. The van der Waals surface area contributed by atoms with Gasteiger partial charge in [-0.05, 0) is 36.2 Å². The van der Waals surface area contributed by atoms with E-state index >= 15 is 0 Å². The van der Waals surface area contributed by atoms with Gasteiger partial charge >= 0.3 is 0 Å². The fourth-order valence-electron chi connectivity index (χ4n) is 4.28. The second kappa shape index (κ2) is 8.97. The molecular formula is C24H23N5O5. The maximum atomic E-state index is 12.9. The first-order chi connectivity index (χ1) is 16.5. The van der Waals surface area contributed by atoms with Crippen molar-refractivity contribution in [3.8, 4) is 11.5 Å². The molecule has 2 aromatic carbocycles. The molecule has 2 aliphatic rings. The zero-order valence-corrected chi connectivity index (χ0v) is 18.6. The van der Waals surface area contributed by atoms with E-state index in [0.717, 1.165) is 16.9 Å². The number of amides is 3. The molecule has 0 spiro atoms. The first-order valence-electron chi connectivity index (χ1n) is 10.9. The maximum absolute atomic E-state index is 12.9. The van der Waals surface area contributed by atoms with Crippen LogP contribution in [0.25, 0.3) is 0 Å². The lowest BCUT2D eigenvalue weighted by Gasteiger charge is -2.29. The molecule has 3 aromatic rings. The Morgan fingerprint density at radius 2 is 2.00 bits per heavy atom. The Morgan fingerprint density at radius 1 is 1.15 bits per heavy atom. The Kier molecular flexibility index (Phi) is 5.70. The monoisotopic (exact) mass is 461 g/mol. The van der Waals surface area contributed by atoms with Crippen LogP contribution in [0.5, 0.6) is 11.5 Å². The van der Waals surface area contributed by atoms with Gasteiger partial charge in [-0.25, -0.2) is 4.68 Å². The Labute approximate surface area is 195 Å². The third-order valence-electron chi connectivity index (χ3n) is 5.98. The van der Waals surface area contributed by atoms with Crippen LogP contribution in [-0.2, 0) is 29.3 Å². The standard InChI is InChI=1S/C24H23N5O5/c1-33-17-5-2-4-15(10-17)11-28-12-16(26-27-28)14-34-21-7-3-6-18-19(21)13-29(24(18)32)20-8-9-22(30)25-23(20)31/h2-7,10,12,20H,8-9,11,13-14H2,1H3,(H,25,30,31). The van der Waals surface area contributed by atoms with Crippen LogP contribution in [0.15, 0.2) is 48.7 Å². The van der Waals surface area contributed by atoms with Crippen LogP contribution in [0.1, 0.15) is 40.0 Å². The normalized spacial score (nSPS) is 17.5. The quantitative estimate of drug-likeness (QED) is 0.532. The van der Waals surface area contributed by atoms with Gasteiger partial charge < -0.3 is 14.4 Å². The van der Waals surface area contributed by atoms with E-state index in [9.17, 15) is 14.4 Å². The van der Waals surface area contributed by atoms with Crippen molar-refractivity contribution < 1.29 is 23.9 Å². The summed E-state index contributed by atoms with van der Waals surface area (Å²) in [5, 5.41) is 10.7. The van der Waals surface area contributed by atoms with Crippen molar-refractivity contribution in [3.63, 3.8) is 0 Å². The first-order valence-corrected chi connectivity index (χ1v) is 10.9. The average Bonchev–Trinajstić information content (AvgIpc) is 3.42. The fraction of sp³-hybridized carbons (Fsp3) is 0.292. The van der Waals surface area contributed by atoms with Crippen LogP contribution in [0.4, 0.5) is 0 Å². The third kappa shape index (κ3) is 4.21. The SMILES string of the molecule is COc1cccc(Cn2cc(COc3cccc4c3CN(C3CCC(=O)NC3=O)C4=O)nn2)c1. The molecule has 10 nitrogen and oxygen atoms in total. The van der Waals surface area contributed by atoms with Crippen molar-refractivity contribution in [3.05, 3.63) is 71.0 Å². The topological polar surface area (TPSA) is 116 Å². The van der Waals surface area contributed by atoms with E-state index in [2.05, 4.69) is 15.6 Å². The molecule has 1 fully saturated rings. The molecule has 1 saturated heterocycles. The summed E-state index contributed by atoms with van der Waals surface area (Å²) in [6.07, 6.45) is 2.34. The van der Waals surface area contributed by atoms with Gasteiger partial charge in [0, 0.05) is 17.5 Å². The zero-order chi connectivity index (χ0) is 23.7. The molecule has 10 heteroatoms. The van der Waals surface area contributed by atoms with Crippen molar-refractivity contribution in [2.45, 2.75) is 38.6 Å². The van der Waals surface area contributed by atoms with Crippen molar-refractivity contribution in [1.82, 2.24) is 25.2 Å². The van der Waals surface area contributed by atoms with E-state index in [1.807, 2.05) is 30.5 Å². The number of carbonyl (C=O) groups is 3. The summed E-state index contributed by atoms with van der Waals surface area (Å²) in [4.78, 5) is 38.2. The van der Waals surface area contributed by atoms with Crippen molar-refractivity contribution in [1.29, 1.82) is 0 Å². The summed E-state index contributed by atoms with van der Waals surface area (Å²) < 4.78 is 13.0. The maximum Gasteiger partial charge on any atom is 0.255 e. The van der Waals surface area contributed by atoms with Crippen LogP contribution in [0.3, 0.4) is 0 Å². The lowest BCUT2D eigenvalue weighted by atomic mass is 10.0. The van der Waals surface area contributed by atoms with Crippen molar-refractivity contribution in [2.75, 3.05) is 7.11 Å². The van der Waals surface area contributed by atoms with Gasteiger partial charge in [-0.1, -0.05) is 23.4 Å². The number of nitrogens with one attached hydrogen (secondary N) is 1. The molecule has 1 atom stereocenters. The summed E-state index contributed by atoms with van der Waals surface area (Å²) in [6.45, 7) is 0.973. The van der Waals surface area contributed by atoms with E-state index in [1.165, 1.54) is 4.90 Å². The molecule has 1 aromatic heterocycles. The molecule has 34 heavy (non-hydrogen) atoms. The Morgan fingerprint density at radius 3 is 2.82 bits per heavy atom. The molecule has 5 rings (SSSR count). The highest BCUT2D eigenvalue weighted by atomic mass is 16.5. The zero-order valence-electron chi connectivity index (χ0n) is 18.6.